The van der Waals surface area contributed by atoms with Crippen LogP contribution in [0.2, 0.25) is 0 Å². The number of amides is 2. The molecule has 2 aromatic rings. The molecule has 2 amide bonds. The molecule has 1 saturated heterocycles. The minimum atomic E-state index is -1.06. The number of nitrogens with zero attached hydrogens (tertiary/aromatic N) is 1. The van der Waals surface area contributed by atoms with Gasteiger partial charge in [-0.05, 0) is 74.4 Å². The number of rotatable bonds is 8. The quantitative estimate of drug-likeness (QED) is 0.548. The predicted octanol–water partition coefficient (Wildman–Crippen LogP) is 5.19. The van der Waals surface area contributed by atoms with Gasteiger partial charge in [0.25, 0.3) is 11.1 Å². The molecule has 1 N–H and O–H groups in total. The molecule has 0 aliphatic carbocycles. The largest absolute Gasteiger partial charge is 0.490 e. The van der Waals surface area contributed by atoms with Gasteiger partial charge in [-0.3, -0.25) is 9.59 Å². The summed E-state index contributed by atoms with van der Waals surface area (Å²) in [5.74, 6) is -0.766. The second kappa shape index (κ2) is 9.91. The van der Waals surface area contributed by atoms with E-state index in [1.165, 1.54) is 4.90 Å². The van der Waals surface area contributed by atoms with Gasteiger partial charge in [0, 0.05) is 0 Å². The predicted molar refractivity (Wildman–Crippen MR) is 124 cm³/mol. The fraction of sp³-hybridized carbons (Fsp3) is 0.292. The number of hydrogen-bond donors (Lipinski definition) is 1. The number of anilines is 1. The molecule has 7 nitrogen and oxygen atoms in total. The highest BCUT2D eigenvalue weighted by atomic mass is 32.2. The first-order valence-electron chi connectivity index (χ1n) is 10.3. The fourth-order valence-corrected chi connectivity index (χ4v) is 4.16. The molecule has 1 aliphatic rings. The van der Waals surface area contributed by atoms with Crippen LogP contribution < -0.4 is 14.4 Å². The van der Waals surface area contributed by atoms with Crippen LogP contribution in [0.1, 0.15) is 37.0 Å². The van der Waals surface area contributed by atoms with E-state index in [0.29, 0.717) is 40.7 Å². The lowest BCUT2D eigenvalue weighted by Crippen LogP contribution is -2.28. The Balaban J connectivity index is 1.90. The number of aryl methyl sites for hydroxylation is 2. The SMILES string of the molecule is CCOc1cc(/C=C2/SC(=O)N(c3ccc(C)cc3C)C2=O)ccc1OC(CC)C(=O)O. The molecular weight excluding hydrogens is 430 g/mol. The number of aliphatic carboxylic acids is 1. The van der Waals surface area contributed by atoms with Gasteiger partial charge in [0.05, 0.1) is 17.2 Å². The number of carboxylic acids is 1. The molecule has 0 aromatic heterocycles. The van der Waals surface area contributed by atoms with E-state index in [1.807, 2.05) is 26.0 Å². The second-order valence-electron chi connectivity index (χ2n) is 7.30. The molecule has 1 heterocycles. The summed E-state index contributed by atoms with van der Waals surface area (Å²) in [5, 5.41) is 8.90. The third kappa shape index (κ3) is 4.96. The molecular formula is C24H25NO6S. The van der Waals surface area contributed by atoms with E-state index in [4.69, 9.17) is 9.47 Å². The Bertz CT molecular complexity index is 1090. The zero-order valence-corrected chi connectivity index (χ0v) is 19.2. The topological polar surface area (TPSA) is 93.1 Å². The number of carbonyl (C=O) groups is 3. The van der Waals surface area contributed by atoms with Gasteiger partial charge in [0.15, 0.2) is 17.6 Å². The van der Waals surface area contributed by atoms with Crippen LogP contribution in [-0.4, -0.2) is 34.9 Å². The lowest BCUT2D eigenvalue weighted by Gasteiger charge is -2.17. The smallest absolute Gasteiger partial charge is 0.344 e. The van der Waals surface area contributed by atoms with Crippen molar-refractivity contribution in [2.75, 3.05) is 11.5 Å². The van der Waals surface area contributed by atoms with Crippen molar-refractivity contribution in [2.45, 2.75) is 40.2 Å². The number of carbonyl (C=O) groups excluding carboxylic acids is 2. The zero-order chi connectivity index (χ0) is 23.4. The average molecular weight is 456 g/mol. The Morgan fingerprint density at radius 1 is 1.12 bits per heavy atom. The zero-order valence-electron chi connectivity index (χ0n) is 18.4. The van der Waals surface area contributed by atoms with Crippen LogP contribution in [0.5, 0.6) is 11.5 Å². The molecule has 0 radical (unpaired) electrons. The summed E-state index contributed by atoms with van der Waals surface area (Å²) in [6.45, 7) is 7.70. The highest BCUT2D eigenvalue weighted by Gasteiger charge is 2.37. The van der Waals surface area contributed by atoms with Gasteiger partial charge in [0.1, 0.15) is 0 Å². The van der Waals surface area contributed by atoms with E-state index >= 15 is 0 Å². The monoisotopic (exact) mass is 455 g/mol. The maximum absolute atomic E-state index is 13.0. The summed E-state index contributed by atoms with van der Waals surface area (Å²) >= 11 is 0.875. The third-order valence-corrected chi connectivity index (χ3v) is 5.74. The molecule has 1 unspecified atom stereocenters. The Morgan fingerprint density at radius 3 is 2.50 bits per heavy atom. The molecule has 1 aliphatic heterocycles. The maximum Gasteiger partial charge on any atom is 0.344 e. The number of benzene rings is 2. The van der Waals surface area contributed by atoms with Crippen LogP contribution in [0.25, 0.3) is 6.08 Å². The summed E-state index contributed by atoms with van der Waals surface area (Å²) in [6, 6.07) is 10.5. The van der Waals surface area contributed by atoms with Crippen molar-refractivity contribution in [1.82, 2.24) is 0 Å². The summed E-state index contributed by atoms with van der Waals surface area (Å²) in [6.07, 6.45) is 0.929. The normalized spacial score (nSPS) is 15.9. The van der Waals surface area contributed by atoms with Crippen LogP contribution in [0, 0.1) is 13.8 Å². The third-order valence-electron chi connectivity index (χ3n) is 4.87. The van der Waals surface area contributed by atoms with E-state index in [2.05, 4.69) is 0 Å². The van der Waals surface area contributed by atoms with E-state index in [1.54, 1.807) is 44.2 Å². The van der Waals surface area contributed by atoms with Crippen molar-refractivity contribution < 1.29 is 29.0 Å². The van der Waals surface area contributed by atoms with Crippen molar-refractivity contribution in [3.63, 3.8) is 0 Å². The second-order valence-corrected chi connectivity index (χ2v) is 8.29. The maximum atomic E-state index is 13.0. The van der Waals surface area contributed by atoms with Crippen LogP contribution in [0.15, 0.2) is 41.3 Å². The summed E-state index contributed by atoms with van der Waals surface area (Å²) < 4.78 is 11.2. The van der Waals surface area contributed by atoms with Crippen LogP contribution in [0.4, 0.5) is 10.5 Å². The molecule has 8 heteroatoms. The first-order valence-corrected chi connectivity index (χ1v) is 11.1. The number of thioether (sulfide) groups is 1. The van der Waals surface area contributed by atoms with Crippen molar-refractivity contribution in [3.05, 3.63) is 58.0 Å². The molecule has 3 rings (SSSR count). The molecule has 32 heavy (non-hydrogen) atoms. The summed E-state index contributed by atoms with van der Waals surface area (Å²) in [7, 11) is 0. The van der Waals surface area contributed by atoms with Gasteiger partial charge in [-0.2, -0.15) is 0 Å². The van der Waals surface area contributed by atoms with E-state index < -0.39 is 12.1 Å². The van der Waals surface area contributed by atoms with Gasteiger partial charge in [0.2, 0.25) is 0 Å². The highest BCUT2D eigenvalue weighted by Crippen LogP contribution is 2.38. The average Bonchev–Trinajstić information content (AvgIpc) is 3.00. The van der Waals surface area contributed by atoms with Crippen molar-refractivity contribution >= 4 is 40.6 Å². The van der Waals surface area contributed by atoms with Crippen molar-refractivity contribution in [1.29, 1.82) is 0 Å². The highest BCUT2D eigenvalue weighted by molar-refractivity contribution is 8.19. The molecule has 1 atom stereocenters. The van der Waals surface area contributed by atoms with Crippen molar-refractivity contribution in [2.24, 2.45) is 0 Å². The van der Waals surface area contributed by atoms with Gasteiger partial charge >= 0.3 is 5.97 Å². The number of hydrogen-bond acceptors (Lipinski definition) is 6. The number of ether oxygens (including phenoxy) is 2. The standard InChI is InChI=1S/C24H25NO6S/c1-5-18(23(27)28)31-19-10-8-16(12-20(19)30-6-2)13-21-22(26)25(24(29)32-21)17-9-7-14(3)11-15(17)4/h7-13,18H,5-6H2,1-4H3,(H,27,28)/b21-13+. The van der Waals surface area contributed by atoms with Crippen LogP contribution in [0.3, 0.4) is 0 Å². The lowest BCUT2D eigenvalue weighted by molar-refractivity contribution is -0.145. The van der Waals surface area contributed by atoms with Crippen LogP contribution in [-0.2, 0) is 9.59 Å². The first kappa shape index (κ1) is 23.4. The van der Waals surface area contributed by atoms with Crippen LogP contribution >= 0.6 is 11.8 Å². The fourth-order valence-electron chi connectivity index (χ4n) is 3.32. The van der Waals surface area contributed by atoms with E-state index in [0.717, 1.165) is 22.9 Å². The molecule has 2 aromatic carbocycles. The molecule has 0 spiro atoms. The Morgan fingerprint density at radius 2 is 1.88 bits per heavy atom. The van der Waals surface area contributed by atoms with Gasteiger partial charge in [-0.15, -0.1) is 0 Å². The van der Waals surface area contributed by atoms with E-state index in [-0.39, 0.29) is 11.1 Å². The number of imide groups is 1. The first-order chi connectivity index (χ1) is 15.2. The summed E-state index contributed by atoms with van der Waals surface area (Å²) in [4.78, 5) is 38.4. The van der Waals surface area contributed by atoms with Gasteiger partial charge in [-0.25, -0.2) is 9.69 Å². The Hall–Kier alpha value is -3.26. The number of carboxylic acid groups (broad SMARTS) is 1. The lowest BCUT2D eigenvalue weighted by atomic mass is 10.1. The summed E-state index contributed by atoms with van der Waals surface area (Å²) in [5.41, 5.74) is 3.10. The van der Waals surface area contributed by atoms with Gasteiger partial charge in [-0.1, -0.05) is 30.7 Å². The molecule has 0 bridgehead atoms. The minimum absolute atomic E-state index is 0.295. The molecule has 1 fully saturated rings. The minimum Gasteiger partial charge on any atom is -0.490 e. The molecule has 168 valence electrons. The van der Waals surface area contributed by atoms with E-state index in [9.17, 15) is 19.5 Å². The Labute approximate surface area is 191 Å². The van der Waals surface area contributed by atoms with Gasteiger partial charge < -0.3 is 14.6 Å². The molecule has 0 saturated carbocycles. The Kier molecular flexibility index (Phi) is 7.25. The van der Waals surface area contributed by atoms with Crippen molar-refractivity contribution in [3.8, 4) is 11.5 Å².